The summed E-state index contributed by atoms with van der Waals surface area (Å²) in [5.74, 6) is 5.03. The number of aliphatic hydroxyl groups is 1. The van der Waals surface area contributed by atoms with Crippen molar-refractivity contribution in [2.24, 2.45) is 0 Å². The highest BCUT2D eigenvalue weighted by Crippen LogP contribution is 2.05. The third kappa shape index (κ3) is 5.73. The minimum atomic E-state index is -0.984. The Bertz CT molecular complexity index is 782. The van der Waals surface area contributed by atoms with Gasteiger partial charge in [0, 0.05) is 23.9 Å². The molecule has 1 amide bonds. The first-order valence-electron chi connectivity index (χ1n) is 7.28. The first kappa shape index (κ1) is 18.1. The van der Waals surface area contributed by atoms with Crippen molar-refractivity contribution in [2.75, 3.05) is 6.54 Å². The molecule has 0 aliphatic rings. The SMILES string of the molecule is CC(C)(O)CNC(=O)c1ccc(C#Cc2cc(F)cc(P)c2)cn1. The fourth-order valence-corrected chi connectivity index (χ4v) is 2.16. The lowest BCUT2D eigenvalue weighted by Crippen LogP contribution is -2.38. The standard InChI is InChI=1S/C18H18FN2O2P/c1-18(2,23)11-21-17(22)16-6-5-12(10-20-16)3-4-13-7-14(19)9-15(24)8-13/h5-10,23H,11,24H2,1-2H3,(H,21,22). The maximum absolute atomic E-state index is 13.3. The second-order valence-corrected chi connectivity index (χ2v) is 6.62. The summed E-state index contributed by atoms with van der Waals surface area (Å²) in [6, 6.07) is 7.73. The number of aromatic nitrogens is 1. The summed E-state index contributed by atoms with van der Waals surface area (Å²) in [7, 11) is 2.43. The summed E-state index contributed by atoms with van der Waals surface area (Å²) < 4.78 is 13.3. The van der Waals surface area contributed by atoms with Gasteiger partial charge in [0.15, 0.2) is 0 Å². The van der Waals surface area contributed by atoms with Crippen molar-refractivity contribution in [1.29, 1.82) is 0 Å². The number of halogens is 1. The van der Waals surface area contributed by atoms with Crippen LogP contribution in [0.3, 0.4) is 0 Å². The van der Waals surface area contributed by atoms with E-state index in [2.05, 4.69) is 31.4 Å². The minimum Gasteiger partial charge on any atom is -0.389 e. The average molecular weight is 344 g/mol. The van der Waals surface area contributed by atoms with Crippen molar-refractivity contribution in [3.63, 3.8) is 0 Å². The van der Waals surface area contributed by atoms with Crippen LogP contribution in [-0.2, 0) is 0 Å². The molecule has 1 unspecified atom stereocenters. The van der Waals surface area contributed by atoms with Crippen LogP contribution in [0.25, 0.3) is 0 Å². The lowest BCUT2D eigenvalue weighted by Gasteiger charge is -2.17. The maximum Gasteiger partial charge on any atom is 0.269 e. The van der Waals surface area contributed by atoms with Crippen molar-refractivity contribution in [3.05, 3.63) is 59.2 Å². The van der Waals surface area contributed by atoms with Crippen LogP contribution in [0.2, 0.25) is 0 Å². The fraction of sp³-hybridized carbons (Fsp3) is 0.222. The quantitative estimate of drug-likeness (QED) is 0.657. The van der Waals surface area contributed by atoms with Gasteiger partial charge >= 0.3 is 0 Å². The highest BCUT2D eigenvalue weighted by molar-refractivity contribution is 7.27. The predicted octanol–water partition coefficient (Wildman–Crippen LogP) is 1.62. The van der Waals surface area contributed by atoms with E-state index in [1.807, 2.05) is 0 Å². The second-order valence-electron chi connectivity index (χ2n) is 5.95. The van der Waals surface area contributed by atoms with E-state index in [4.69, 9.17) is 0 Å². The van der Waals surface area contributed by atoms with Crippen molar-refractivity contribution < 1.29 is 14.3 Å². The van der Waals surface area contributed by atoms with E-state index in [0.29, 0.717) is 11.1 Å². The van der Waals surface area contributed by atoms with Gasteiger partial charge in [-0.2, -0.15) is 0 Å². The molecule has 0 spiro atoms. The Morgan fingerprint density at radius 3 is 2.58 bits per heavy atom. The molecule has 0 saturated heterocycles. The molecule has 0 bridgehead atoms. The summed E-state index contributed by atoms with van der Waals surface area (Å²) >= 11 is 0. The van der Waals surface area contributed by atoms with Crippen LogP contribution in [0.5, 0.6) is 0 Å². The molecule has 6 heteroatoms. The van der Waals surface area contributed by atoms with E-state index in [-0.39, 0.29) is 24.0 Å². The smallest absolute Gasteiger partial charge is 0.269 e. The monoisotopic (exact) mass is 344 g/mol. The first-order valence-corrected chi connectivity index (χ1v) is 7.85. The Hall–Kier alpha value is -2.28. The van der Waals surface area contributed by atoms with Crippen LogP contribution in [0.4, 0.5) is 4.39 Å². The number of benzene rings is 1. The Labute approximate surface area is 142 Å². The molecule has 1 heterocycles. The fourth-order valence-electron chi connectivity index (χ4n) is 1.82. The van der Waals surface area contributed by atoms with Crippen LogP contribution in [0.1, 0.15) is 35.5 Å². The Balaban J connectivity index is 2.07. The van der Waals surface area contributed by atoms with Crippen molar-refractivity contribution >= 4 is 20.5 Å². The van der Waals surface area contributed by atoms with Crippen molar-refractivity contribution in [1.82, 2.24) is 10.3 Å². The molecular formula is C18H18FN2O2P. The van der Waals surface area contributed by atoms with E-state index in [1.54, 1.807) is 32.0 Å². The number of pyridine rings is 1. The summed E-state index contributed by atoms with van der Waals surface area (Å²) in [6.07, 6.45) is 1.48. The Morgan fingerprint density at radius 2 is 2.00 bits per heavy atom. The number of rotatable bonds is 3. The number of carbonyl (C=O) groups is 1. The van der Waals surface area contributed by atoms with E-state index < -0.39 is 5.60 Å². The summed E-state index contributed by atoms with van der Waals surface area (Å²) in [6.45, 7) is 3.34. The number of amides is 1. The largest absolute Gasteiger partial charge is 0.389 e. The van der Waals surface area contributed by atoms with E-state index in [9.17, 15) is 14.3 Å². The molecule has 124 valence electrons. The number of nitrogens with one attached hydrogen (secondary N) is 1. The lowest BCUT2D eigenvalue weighted by molar-refractivity contribution is 0.0692. The van der Waals surface area contributed by atoms with Crippen LogP contribution in [0.15, 0.2) is 36.5 Å². The first-order chi connectivity index (χ1) is 11.2. The molecule has 0 fully saturated rings. The molecule has 2 aromatic rings. The summed E-state index contributed by atoms with van der Waals surface area (Å²) in [5, 5.41) is 12.9. The summed E-state index contributed by atoms with van der Waals surface area (Å²) in [4.78, 5) is 15.9. The Kier molecular flexibility index (Phi) is 5.66. The molecule has 0 radical (unpaired) electrons. The maximum atomic E-state index is 13.3. The van der Waals surface area contributed by atoms with Crippen LogP contribution >= 0.6 is 9.24 Å². The number of hydrogen-bond acceptors (Lipinski definition) is 3. The summed E-state index contributed by atoms with van der Waals surface area (Å²) in [5.41, 5.74) is 0.432. The molecule has 1 aromatic carbocycles. The average Bonchev–Trinajstić information content (AvgIpc) is 2.49. The molecule has 0 aliphatic heterocycles. The van der Waals surface area contributed by atoms with Gasteiger partial charge in [0.25, 0.3) is 5.91 Å². The molecule has 2 N–H and O–H groups in total. The second kappa shape index (κ2) is 7.53. The van der Waals surface area contributed by atoms with Gasteiger partial charge in [-0.05, 0) is 49.5 Å². The van der Waals surface area contributed by atoms with Gasteiger partial charge in [0.1, 0.15) is 11.5 Å². The molecule has 1 aromatic heterocycles. The topological polar surface area (TPSA) is 62.2 Å². The Morgan fingerprint density at radius 1 is 1.29 bits per heavy atom. The highest BCUT2D eigenvalue weighted by atomic mass is 31.0. The van der Waals surface area contributed by atoms with E-state index >= 15 is 0 Å². The zero-order chi connectivity index (χ0) is 17.7. The predicted molar refractivity (Wildman–Crippen MR) is 94.6 cm³/mol. The van der Waals surface area contributed by atoms with Gasteiger partial charge in [-0.1, -0.05) is 11.8 Å². The zero-order valence-electron chi connectivity index (χ0n) is 13.4. The molecule has 0 saturated carbocycles. The number of nitrogens with zero attached hydrogens (tertiary/aromatic N) is 1. The van der Waals surface area contributed by atoms with Gasteiger partial charge < -0.3 is 10.4 Å². The normalized spacial score (nSPS) is 10.7. The molecule has 0 aliphatic carbocycles. The number of carbonyl (C=O) groups excluding carboxylic acids is 1. The highest BCUT2D eigenvalue weighted by Gasteiger charge is 2.15. The third-order valence-electron chi connectivity index (χ3n) is 2.95. The van der Waals surface area contributed by atoms with Gasteiger partial charge in [-0.15, -0.1) is 9.24 Å². The molecular weight excluding hydrogens is 326 g/mol. The van der Waals surface area contributed by atoms with Crippen molar-refractivity contribution in [2.45, 2.75) is 19.4 Å². The third-order valence-corrected chi connectivity index (χ3v) is 3.28. The van der Waals surface area contributed by atoms with E-state index in [1.165, 1.54) is 18.3 Å². The molecule has 2 rings (SSSR count). The van der Waals surface area contributed by atoms with Gasteiger partial charge in [-0.3, -0.25) is 4.79 Å². The van der Waals surface area contributed by atoms with Crippen LogP contribution in [0, 0.1) is 17.7 Å². The minimum absolute atomic E-state index is 0.131. The zero-order valence-corrected chi connectivity index (χ0v) is 14.6. The number of hydrogen-bond donors (Lipinski definition) is 2. The van der Waals surface area contributed by atoms with Crippen LogP contribution < -0.4 is 10.6 Å². The molecule has 1 atom stereocenters. The van der Waals surface area contributed by atoms with Crippen molar-refractivity contribution in [3.8, 4) is 11.8 Å². The van der Waals surface area contributed by atoms with Gasteiger partial charge in [0.05, 0.1) is 5.60 Å². The van der Waals surface area contributed by atoms with E-state index in [0.717, 1.165) is 5.30 Å². The van der Waals surface area contributed by atoms with Crippen LogP contribution in [-0.4, -0.2) is 28.1 Å². The lowest BCUT2D eigenvalue weighted by atomic mass is 10.1. The van der Waals surface area contributed by atoms with Gasteiger partial charge in [-0.25, -0.2) is 9.37 Å². The van der Waals surface area contributed by atoms with Gasteiger partial charge in [0.2, 0.25) is 0 Å². The molecule has 24 heavy (non-hydrogen) atoms. The molecule has 4 nitrogen and oxygen atoms in total.